The number of anilines is 1. The van der Waals surface area contributed by atoms with Gasteiger partial charge in [0, 0.05) is 10.9 Å². The van der Waals surface area contributed by atoms with E-state index in [1.54, 1.807) is 6.07 Å². The van der Waals surface area contributed by atoms with Crippen LogP contribution >= 0.6 is 22.9 Å². The summed E-state index contributed by atoms with van der Waals surface area (Å²) in [6.07, 6.45) is 0.826. The predicted octanol–water partition coefficient (Wildman–Crippen LogP) is 4.83. The van der Waals surface area contributed by atoms with Crippen LogP contribution in [0.25, 0.3) is 10.2 Å². The molecule has 0 radical (unpaired) electrons. The van der Waals surface area contributed by atoms with Gasteiger partial charge in [0.05, 0.1) is 10.2 Å². The molecule has 0 saturated heterocycles. The van der Waals surface area contributed by atoms with E-state index in [1.807, 2.05) is 24.3 Å². The second kappa shape index (κ2) is 5.58. The Kier molecular flexibility index (Phi) is 3.54. The summed E-state index contributed by atoms with van der Waals surface area (Å²) < 4.78 is 13.9. The Morgan fingerprint density at radius 2 is 2.04 bits per heavy atom. The van der Waals surface area contributed by atoms with E-state index in [4.69, 9.17) is 11.6 Å². The van der Waals surface area contributed by atoms with Crippen molar-refractivity contribution < 1.29 is 9.18 Å². The highest BCUT2D eigenvalue weighted by molar-refractivity contribution is 7.22. The van der Waals surface area contributed by atoms with E-state index >= 15 is 0 Å². The zero-order valence-electron chi connectivity index (χ0n) is 11.9. The lowest BCUT2D eigenvalue weighted by Gasteiger charge is -2.01. The first kappa shape index (κ1) is 14.6. The molecule has 2 atom stereocenters. The van der Waals surface area contributed by atoms with Gasteiger partial charge in [-0.1, -0.05) is 35.1 Å². The van der Waals surface area contributed by atoms with Crippen LogP contribution in [-0.2, 0) is 4.79 Å². The van der Waals surface area contributed by atoms with E-state index in [-0.39, 0.29) is 23.6 Å². The molecule has 1 aliphatic rings. The number of halogens is 2. The van der Waals surface area contributed by atoms with Crippen molar-refractivity contribution in [2.45, 2.75) is 12.3 Å². The highest BCUT2D eigenvalue weighted by Gasteiger charge is 2.44. The molecule has 1 aliphatic carbocycles. The fourth-order valence-electron chi connectivity index (χ4n) is 2.71. The molecule has 6 heteroatoms. The Labute approximate surface area is 141 Å². The van der Waals surface area contributed by atoms with E-state index in [9.17, 15) is 9.18 Å². The van der Waals surface area contributed by atoms with Crippen LogP contribution in [0.1, 0.15) is 17.9 Å². The lowest BCUT2D eigenvalue weighted by atomic mass is 10.1. The number of aromatic nitrogens is 1. The van der Waals surface area contributed by atoms with Crippen LogP contribution in [-0.4, -0.2) is 10.9 Å². The number of carbonyl (C=O) groups is 1. The Morgan fingerprint density at radius 3 is 2.83 bits per heavy atom. The summed E-state index contributed by atoms with van der Waals surface area (Å²) in [5.41, 5.74) is 1.82. The molecule has 0 bridgehead atoms. The standard InChI is InChI=1S/C17H12ClFN2OS/c18-10-3-1-9(2-4-10)12-8-13(12)16(22)21-17-20-14-6-5-11(19)7-15(14)23-17/h1-7,12-13H,8H2,(H,20,21,22). The fourth-order valence-corrected chi connectivity index (χ4v) is 3.73. The summed E-state index contributed by atoms with van der Waals surface area (Å²) in [7, 11) is 0. The van der Waals surface area contributed by atoms with Crippen molar-refractivity contribution in [3.8, 4) is 0 Å². The molecule has 3 nitrogen and oxygen atoms in total. The first-order valence-corrected chi connectivity index (χ1v) is 8.42. The van der Waals surface area contributed by atoms with Gasteiger partial charge in [-0.2, -0.15) is 0 Å². The topological polar surface area (TPSA) is 42.0 Å². The second-order valence-electron chi connectivity index (χ2n) is 5.62. The number of hydrogen-bond acceptors (Lipinski definition) is 3. The molecular weight excluding hydrogens is 335 g/mol. The highest BCUT2D eigenvalue weighted by Crippen LogP contribution is 2.48. The van der Waals surface area contributed by atoms with Crippen LogP contribution in [0.5, 0.6) is 0 Å². The van der Waals surface area contributed by atoms with Gasteiger partial charge in [0.25, 0.3) is 0 Å². The number of amides is 1. The minimum Gasteiger partial charge on any atom is -0.302 e. The van der Waals surface area contributed by atoms with Crippen LogP contribution in [0.4, 0.5) is 9.52 Å². The van der Waals surface area contributed by atoms with Gasteiger partial charge < -0.3 is 5.32 Å². The average molecular weight is 347 g/mol. The molecule has 0 spiro atoms. The number of nitrogens with zero attached hydrogens (tertiary/aromatic N) is 1. The molecule has 3 aromatic rings. The number of nitrogens with one attached hydrogen (secondary N) is 1. The Bertz CT molecular complexity index is 893. The first-order chi connectivity index (χ1) is 11.1. The van der Waals surface area contributed by atoms with Crippen LogP contribution in [0.15, 0.2) is 42.5 Å². The quantitative estimate of drug-likeness (QED) is 0.738. The van der Waals surface area contributed by atoms with Gasteiger partial charge in [-0.15, -0.1) is 0 Å². The lowest BCUT2D eigenvalue weighted by molar-refractivity contribution is -0.117. The molecule has 1 N–H and O–H groups in total. The normalized spacial score (nSPS) is 19.7. The molecule has 2 unspecified atom stereocenters. The molecule has 2 aromatic carbocycles. The highest BCUT2D eigenvalue weighted by atomic mass is 35.5. The zero-order chi connectivity index (χ0) is 16.0. The minimum absolute atomic E-state index is 0.0375. The Balaban J connectivity index is 1.46. The van der Waals surface area contributed by atoms with E-state index < -0.39 is 0 Å². The number of thiazole rings is 1. The maximum absolute atomic E-state index is 13.2. The van der Waals surface area contributed by atoms with Crippen LogP contribution in [0.2, 0.25) is 5.02 Å². The summed E-state index contributed by atoms with van der Waals surface area (Å²) in [4.78, 5) is 16.6. The summed E-state index contributed by atoms with van der Waals surface area (Å²) in [5.74, 6) is -0.146. The monoisotopic (exact) mass is 346 g/mol. The third-order valence-corrected chi connectivity index (χ3v) is 5.19. The van der Waals surface area contributed by atoms with E-state index in [2.05, 4.69) is 10.3 Å². The lowest BCUT2D eigenvalue weighted by Crippen LogP contribution is -2.14. The van der Waals surface area contributed by atoms with Crippen molar-refractivity contribution in [1.82, 2.24) is 4.98 Å². The molecule has 116 valence electrons. The van der Waals surface area contributed by atoms with Gasteiger partial charge in [0.1, 0.15) is 5.82 Å². The summed E-state index contributed by atoms with van der Waals surface area (Å²) in [6.45, 7) is 0. The van der Waals surface area contributed by atoms with Crippen molar-refractivity contribution in [3.05, 3.63) is 58.9 Å². The molecule has 1 fully saturated rings. The summed E-state index contributed by atoms with van der Waals surface area (Å²) >= 11 is 7.16. The predicted molar refractivity (Wildman–Crippen MR) is 90.5 cm³/mol. The molecule has 0 aliphatic heterocycles. The van der Waals surface area contributed by atoms with E-state index in [1.165, 1.54) is 23.5 Å². The van der Waals surface area contributed by atoms with Crippen molar-refractivity contribution in [2.75, 3.05) is 5.32 Å². The van der Waals surface area contributed by atoms with Gasteiger partial charge in [-0.25, -0.2) is 9.37 Å². The Hall–Kier alpha value is -1.98. The smallest absolute Gasteiger partial charge is 0.229 e. The van der Waals surface area contributed by atoms with Gasteiger partial charge >= 0.3 is 0 Å². The van der Waals surface area contributed by atoms with Crippen LogP contribution in [0.3, 0.4) is 0 Å². The molecule has 23 heavy (non-hydrogen) atoms. The minimum atomic E-state index is -0.302. The molecule has 1 aromatic heterocycles. The van der Waals surface area contributed by atoms with Gasteiger partial charge in [0.2, 0.25) is 5.91 Å². The SMILES string of the molecule is O=C(Nc1nc2ccc(F)cc2s1)C1CC1c1ccc(Cl)cc1. The summed E-state index contributed by atoms with van der Waals surface area (Å²) in [5, 5.41) is 4.05. The van der Waals surface area contributed by atoms with Gasteiger partial charge in [-0.3, -0.25) is 4.79 Å². The maximum Gasteiger partial charge on any atom is 0.229 e. The molecule has 1 heterocycles. The third-order valence-electron chi connectivity index (χ3n) is 4.01. The van der Waals surface area contributed by atoms with Crippen molar-refractivity contribution in [1.29, 1.82) is 0 Å². The van der Waals surface area contributed by atoms with Crippen molar-refractivity contribution >= 4 is 44.2 Å². The number of hydrogen-bond donors (Lipinski definition) is 1. The second-order valence-corrected chi connectivity index (χ2v) is 7.09. The number of benzene rings is 2. The number of rotatable bonds is 3. The third kappa shape index (κ3) is 2.94. The first-order valence-electron chi connectivity index (χ1n) is 7.22. The number of carbonyl (C=O) groups excluding carboxylic acids is 1. The summed E-state index contributed by atoms with van der Waals surface area (Å²) in [6, 6.07) is 12.0. The van der Waals surface area contributed by atoms with Crippen LogP contribution in [0, 0.1) is 11.7 Å². The molecular formula is C17H12ClFN2OS. The van der Waals surface area contributed by atoms with E-state index in [0.29, 0.717) is 15.7 Å². The largest absolute Gasteiger partial charge is 0.302 e. The average Bonchev–Trinajstić information content (AvgIpc) is 3.23. The Morgan fingerprint density at radius 1 is 1.26 bits per heavy atom. The van der Waals surface area contributed by atoms with Crippen LogP contribution < -0.4 is 5.32 Å². The molecule has 1 amide bonds. The molecule has 1 saturated carbocycles. The van der Waals surface area contributed by atoms with Gasteiger partial charge in [0.15, 0.2) is 5.13 Å². The van der Waals surface area contributed by atoms with Gasteiger partial charge in [-0.05, 0) is 48.2 Å². The van der Waals surface area contributed by atoms with Crippen molar-refractivity contribution in [3.63, 3.8) is 0 Å². The number of fused-ring (bicyclic) bond motifs is 1. The zero-order valence-corrected chi connectivity index (χ0v) is 13.5. The molecule has 4 rings (SSSR count). The van der Waals surface area contributed by atoms with E-state index in [0.717, 1.165) is 16.7 Å². The maximum atomic E-state index is 13.2. The fraction of sp³-hybridized carbons (Fsp3) is 0.176. The van der Waals surface area contributed by atoms with Crippen molar-refractivity contribution in [2.24, 2.45) is 5.92 Å².